The first-order chi connectivity index (χ1) is 10.6. The molecule has 114 valence electrons. The third-order valence-corrected chi connectivity index (χ3v) is 4.12. The highest BCUT2D eigenvalue weighted by Crippen LogP contribution is 2.26. The molecule has 1 atom stereocenters. The third kappa shape index (κ3) is 3.02. The Kier molecular flexibility index (Phi) is 4.20. The molecule has 4 heteroatoms. The standard InChI is InChI=1S/C18H19FN2O/c1-20-11-12-21(17(13-20)14-5-3-2-4-6-14)18(22)15-7-9-16(19)10-8-15/h2-10,17H,11-13H2,1H3/t17-/m0/s1. The molecule has 3 rings (SSSR count). The molecule has 22 heavy (non-hydrogen) atoms. The third-order valence-electron chi connectivity index (χ3n) is 4.12. The molecular formula is C18H19FN2O. The Morgan fingerprint density at radius 1 is 1.05 bits per heavy atom. The Morgan fingerprint density at radius 3 is 2.41 bits per heavy atom. The molecular weight excluding hydrogens is 279 g/mol. The van der Waals surface area contributed by atoms with Crippen molar-refractivity contribution < 1.29 is 9.18 Å². The van der Waals surface area contributed by atoms with Gasteiger partial charge in [-0.1, -0.05) is 30.3 Å². The summed E-state index contributed by atoms with van der Waals surface area (Å²) in [4.78, 5) is 16.9. The topological polar surface area (TPSA) is 23.6 Å². The van der Waals surface area contributed by atoms with Crippen LogP contribution in [0.4, 0.5) is 4.39 Å². The second-order valence-corrected chi connectivity index (χ2v) is 5.69. The van der Waals surface area contributed by atoms with E-state index in [4.69, 9.17) is 0 Å². The van der Waals surface area contributed by atoms with E-state index >= 15 is 0 Å². The summed E-state index contributed by atoms with van der Waals surface area (Å²) in [6.07, 6.45) is 0. The summed E-state index contributed by atoms with van der Waals surface area (Å²) in [5.41, 5.74) is 1.66. The number of nitrogens with zero attached hydrogens (tertiary/aromatic N) is 2. The molecule has 0 N–H and O–H groups in total. The van der Waals surface area contributed by atoms with Crippen LogP contribution in [0.2, 0.25) is 0 Å². The molecule has 3 nitrogen and oxygen atoms in total. The average molecular weight is 298 g/mol. The first-order valence-corrected chi connectivity index (χ1v) is 7.45. The maximum atomic E-state index is 13.1. The first kappa shape index (κ1) is 14.7. The van der Waals surface area contributed by atoms with Crippen molar-refractivity contribution in [2.45, 2.75) is 6.04 Å². The van der Waals surface area contributed by atoms with Crippen molar-refractivity contribution in [3.63, 3.8) is 0 Å². The van der Waals surface area contributed by atoms with Gasteiger partial charge in [-0.3, -0.25) is 4.79 Å². The number of amides is 1. The number of likely N-dealkylation sites (N-methyl/N-ethyl adjacent to an activating group) is 1. The highest BCUT2D eigenvalue weighted by Gasteiger charge is 2.30. The lowest BCUT2D eigenvalue weighted by Gasteiger charge is -2.40. The number of hydrogen-bond donors (Lipinski definition) is 0. The highest BCUT2D eigenvalue weighted by molar-refractivity contribution is 5.94. The fourth-order valence-corrected chi connectivity index (χ4v) is 2.88. The number of benzene rings is 2. The smallest absolute Gasteiger partial charge is 0.254 e. The average Bonchev–Trinajstić information content (AvgIpc) is 2.56. The zero-order valence-electron chi connectivity index (χ0n) is 12.6. The number of carbonyl (C=O) groups is 1. The molecule has 0 aromatic heterocycles. The van der Waals surface area contributed by atoms with E-state index in [0.29, 0.717) is 12.1 Å². The zero-order valence-corrected chi connectivity index (χ0v) is 12.6. The molecule has 0 spiro atoms. The Bertz CT molecular complexity index is 642. The first-order valence-electron chi connectivity index (χ1n) is 7.45. The summed E-state index contributed by atoms with van der Waals surface area (Å²) < 4.78 is 13.1. The fourth-order valence-electron chi connectivity index (χ4n) is 2.88. The van der Waals surface area contributed by atoms with Crippen molar-refractivity contribution in [3.05, 3.63) is 71.5 Å². The minimum Gasteiger partial charge on any atom is -0.329 e. The molecule has 2 aromatic carbocycles. The van der Waals surface area contributed by atoms with E-state index in [1.165, 1.54) is 12.1 Å². The number of rotatable bonds is 2. The summed E-state index contributed by atoms with van der Waals surface area (Å²) in [6, 6.07) is 15.9. The van der Waals surface area contributed by atoms with E-state index in [9.17, 15) is 9.18 Å². The summed E-state index contributed by atoms with van der Waals surface area (Å²) in [6.45, 7) is 2.32. The normalized spacial score (nSPS) is 19.2. The van der Waals surface area contributed by atoms with Gasteiger partial charge in [0.25, 0.3) is 5.91 Å². The fraction of sp³-hybridized carbons (Fsp3) is 0.278. The van der Waals surface area contributed by atoms with Gasteiger partial charge in [-0.2, -0.15) is 0 Å². The second kappa shape index (κ2) is 6.28. The Labute approximate surface area is 130 Å². The molecule has 1 fully saturated rings. The van der Waals surface area contributed by atoms with Gasteiger partial charge in [0.1, 0.15) is 5.82 Å². The maximum Gasteiger partial charge on any atom is 0.254 e. The van der Waals surface area contributed by atoms with Crippen molar-refractivity contribution in [1.82, 2.24) is 9.80 Å². The van der Waals surface area contributed by atoms with Gasteiger partial charge in [0.2, 0.25) is 0 Å². The van der Waals surface area contributed by atoms with Crippen LogP contribution in [0.15, 0.2) is 54.6 Å². The van der Waals surface area contributed by atoms with Crippen molar-refractivity contribution in [3.8, 4) is 0 Å². The van der Waals surface area contributed by atoms with Crippen LogP contribution in [0.3, 0.4) is 0 Å². The molecule has 1 aliphatic heterocycles. The van der Waals surface area contributed by atoms with Crippen molar-refractivity contribution in [2.24, 2.45) is 0 Å². The SMILES string of the molecule is CN1CCN(C(=O)c2ccc(F)cc2)[C@H](c2ccccc2)C1. The van der Waals surface area contributed by atoms with Crippen LogP contribution < -0.4 is 0 Å². The van der Waals surface area contributed by atoms with Crippen LogP contribution in [0.25, 0.3) is 0 Å². The van der Waals surface area contributed by atoms with Gasteiger partial charge in [0, 0.05) is 25.2 Å². The minimum absolute atomic E-state index is 0.0255. The molecule has 1 saturated heterocycles. The van der Waals surface area contributed by atoms with E-state index in [2.05, 4.69) is 24.1 Å². The lowest BCUT2D eigenvalue weighted by Crippen LogP contribution is -2.49. The Hall–Kier alpha value is -2.20. The molecule has 0 unspecified atom stereocenters. The summed E-state index contributed by atoms with van der Waals surface area (Å²) in [5, 5.41) is 0. The van der Waals surface area contributed by atoms with E-state index in [1.807, 2.05) is 23.1 Å². The van der Waals surface area contributed by atoms with Gasteiger partial charge in [0.05, 0.1) is 6.04 Å². The number of halogens is 1. The Balaban J connectivity index is 1.89. The van der Waals surface area contributed by atoms with Crippen molar-refractivity contribution in [2.75, 3.05) is 26.7 Å². The van der Waals surface area contributed by atoms with Crippen molar-refractivity contribution in [1.29, 1.82) is 0 Å². The molecule has 0 radical (unpaired) electrons. The Morgan fingerprint density at radius 2 is 1.73 bits per heavy atom. The zero-order chi connectivity index (χ0) is 15.5. The summed E-state index contributed by atoms with van der Waals surface area (Å²) in [7, 11) is 2.07. The minimum atomic E-state index is -0.325. The van der Waals surface area contributed by atoms with Crippen LogP contribution in [0.5, 0.6) is 0 Å². The summed E-state index contributed by atoms with van der Waals surface area (Å²) >= 11 is 0. The van der Waals surface area contributed by atoms with Crippen LogP contribution >= 0.6 is 0 Å². The second-order valence-electron chi connectivity index (χ2n) is 5.69. The summed E-state index contributed by atoms with van der Waals surface area (Å²) in [5.74, 6) is -0.364. The van der Waals surface area contributed by atoms with Crippen LogP contribution in [0.1, 0.15) is 22.0 Å². The van der Waals surface area contributed by atoms with Gasteiger partial charge in [0.15, 0.2) is 0 Å². The molecule has 0 bridgehead atoms. The van der Waals surface area contributed by atoms with Crippen LogP contribution in [-0.2, 0) is 0 Å². The maximum absolute atomic E-state index is 13.1. The lowest BCUT2D eigenvalue weighted by atomic mass is 10.0. The number of carbonyl (C=O) groups excluding carboxylic acids is 1. The molecule has 1 heterocycles. The van der Waals surface area contributed by atoms with Gasteiger partial charge in [-0.15, -0.1) is 0 Å². The molecule has 2 aromatic rings. The monoisotopic (exact) mass is 298 g/mol. The van der Waals surface area contributed by atoms with Gasteiger partial charge in [-0.05, 0) is 36.9 Å². The lowest BCUT2D eigenvalue weighted by molar-refractivity contribution is 0.0498. The molecule has 1 aliphatic rings. The van der Waals surface area contributed by atoms with Gasteiger partial charge < -0.3 is 9.80 Å². The van der Waals surface area contributed by atoms with Gasteiger partial charge >= 0.3 is 0 Å². The molecule has 0 aliphatic carbocycles. The van der Waals surface area contributed by atoms with Crippen LogP contribution in [-0.4, -0.2) is 42.4 Å². The highest BCUT2D eigenvalue weighted by atomic mass is 19.1. The predicted molar refractivity (Wildman–Crippen MR) is 84.1 cm³/mol. The van der Waals surface area contributed by atoms with Gasteiger partial charge in [-0.25, -0.2) is 4.39 Å². The van der Waals surface area contributed by atoms with Crippen molar-refractivity contribution >= 4 is 5.91 Å². The number of piperazine rings is 1. The van der Waals surface area contributed by atoms with E-state index in [-0.39, 0.29) is 17.8 Å². The number of hydrogen-bond acceptors (Lipinski definition) is 2. The predicted octanol–water partition coefficient (Wildman–Crippen LogP) is 2.95. The van der Waals surface area contributed by atoms with Crippen LogP contribution in [0, 0.1) is 5.82 Å². The van der Waals surface area contributed by atoms with E-state index in [1.54, 1.807) is 12.1 Å². The van der Waals surface area contributed by atoms with E-state index in [0.717, 1.165) is 18.7 Å². The quantitative estimate of drug-likeness (QED) is 0.851. The van der Waals surface area contributed by atoms with E-state index < -0.39 is 0 Å². The largest absolute Gasteiger partial charge is 0.329 e. The molecule has 1 amide bonds. The molecule has 0 saturated carbocycles.